The second kappa shape index (κ2) is 7.57. The number of hydrogen-bond acceptors (Lipinski definition) is 4. The molecule has 4 nitrogen and oxygen atoms in total. The molecule has 0 amide bonds. The predicted molar refractivity (Wildman–Crippen MR) is 94.8 cm³/mol. The van der Waals surface area contributed by atoms with Gasteiger partial charge in [0.1, 0.15) is 5.75 Å². The van der Waals surface area contributed by atoms with Gasteiger partial charge in [0.05, 0.1) is 20.3 Å². The van der Waals surface area contributed by atoms with Crippen molar-refractivity contribution in [1.82, 2.24) is 0 Å². The number of morpholine rings is 1. The van der Waals surface area contributed by atoms with Crippen molar-refractivity contribution in [3.63, 3.8) is 0 Å². The Morgan fingerprint density at radius 2 is 1.87 bits per heavy atom. The average molecular weight is 333 g/mol. The molecule has 0 aliphatic carbocycles. The van der Waals surface area contributed by atoms with Gasteiger partial charge in [-0.05, 0) is 42.5 Å². The molecule has 0 unspecified atom stereocenters. The third kappa shape index (κ3) is 4.09. The third-order valence-electron chi connectivity index (χ3n) is 3.97. The maximum absolute atomic E-state index is 6.06. The van der Waals surface area contributed by atoms with Crippen LogP contribution in [0.3, 0.4) is 0 Å². The van der Waals surface area contributed by atoms with E-state index < -0.39 is 0 Å². The van der Waals surface area contributed by atoms with Crippen LogP contribution in [0, 0.1) is 0 Å². The Balaban J connectivity index is 1.63. The number of rotatable bonds is 5. The summed E-state index contributed by atoms with van der Waals surface area (Å²) in [6.45, 7) is 4.17. The summed E-state index contributed by atoms with van der Waals surface area (Å²) in [5.41, 5.74) is 3.35. The summed E-state index contributed by atoms with van der Waals surface area (Å²) in [5.74, 6) is 0.840. The fraction of sp³-hybridized carbons (Fsp3) is 0.333. The van der Waals surface area contributed by atoms with Crippen molar-refractivity contribution in [2.24, 2.45) is 0 Å². The zero-order valence-electron chi connectivity index (χ0n) is 13.2. The molecule has 1 aliphatic heterocycles. The Bertz CT molecular complexity index is 640. The van der Waals surface area contributed by atoms with E-state index in [0.717, 1.165) is 43.3 Å². The van der Waals surface area contributed by atoms with Gasteiger partial charge in [0.2, 0.25) is 0 Å². The molecular formula is C18H21ClN2O2. The van der Waals surface area contributed by atoms with Crippen molar-refractivity contribution in [2.75, 3.05) is 43.6 Å². The first-order valence-electron chi connectivity index (χ1n) is 7.75. The number of hydrogen-bond donors (Lipinski definition) is 1. The largest absolute Gasteiger partial charge is 0.496 e. The van der Waals surface area contributed by atoms with E-state index >= 15 is 0 Å². The van der Waals surface area contributed by atoms with E-state index in [2.05, 4.69) is 34.5 Å². The van der Waals surface area contributed by atoms with Crippen molar-refractivity contribution in [1.29, 1.82) is 0 Å². The lowest BCUT2D eigenvalue weighted by Crippen LogP contribution is -2.36. The summed E-state index contributed by atoms with van der Waals surface area (Å²) >= 11 is 6.06. The van der Waals surface area contributed by atoms with Crippen molar-refractivity contribution in [2.45, 2.75) is 6.54 Å². The average Bonchev–Trinajstić information content (AvgIpc) is 2.61. The van der Waals surface area contributed by atoms with Gasteiger partial charge in [0.15, 0.2) is 0 Å². The molecule has 1 fully saturated rings. The van der Waals surface area contributed by atoms with Crippen LogP contribution in [0.4, 0.5) is 11.4 Å². The zero-order chi connectivity index (χ0) is 16.1. The molecule has 0 spiro atoms. The van der Waals surface area contributed by atoms with E-state index in [1.165, 1.54) is 5.69 Å². The molecule has 122 valence electrons. The van der Waals surface area contributed by atoms with E-state index in [1.54, 1.807) is 7.11 Å². The first kappa shape index (κ1) is 16.0. The summed E-state index contributed by atoms with van der Waals surface area (Å²) in [4.78, 5) is 2.34. The van der Waals surface area contributed by atoms with Gasteiger partial charge in [-0.2, -0.15) is 0 Å². The first-order chi connectivity index (χ1) is 11.3. The summed E-state index contributed by atoms with van der Waals surface area (Å²) in [5, 5.41) is 4.12. The van der Waals surface area contributed by atoms with Gasteiger partial charge >= 0.3 is 0 Å². The monoisotopic (exact) mass is 332 g/mol. The van der Waals surface area contributed by atoms with Crippen molar-refractivity contribution in [3.8, 4) is 5.75 Å². The number of nitrogens with zero attached hydrogens (tertiary/aromatic N) is 1. The number of anilines is 2. The highest BCUT2D eigenvalue weighted by Gasteiger charge is 2.10. The van der Waals surface area contributed by atoms with Crippen LogP contribution in [-0.4, -0.2) is 33.4 Å². The van der Waals surface area contributed by atoms with Gasteiger partial charge in [0, 0.05) is 41.6 Å². The van der Waals surface area contributed by atoms with Crippen LogP contribution in [0.5, 0.6) is 5.75 Å². The van der Waals surface area contributed by atoms with Gasteiger partial charge < -0.3 is 19.7 Å². The molecule has 1 N–H and O–H groups in total. The van der Waals surface area contributed by atoms with Crippen LogP contribution >= 0.6 is 11.6 Å². The highest BCUT2D eigenvalue weighted by molar-refractivity contribution is 6.30. The Labute approximate surface area is 142 Å². The SMILES string of the molecule is COc1ccc(Cl)cc1CNc1ccc(N2CCOCC2)cc1. The van der Waals surface area contributed by atoms with Crippen LogP contribution < -0.4 is 15.0 Å². The minimum Gasteiger partial charge on any atom is -0.496 e. The predicted octanol–water partition coefficient (Wildman–Crippen LogP) is 3.80. The summed E-state index contributed by atoms with van der Waals surface area (Å²) in [6, 6.07) is 14.1. The standard InChI is InChI=1S/C18H21ClN2O2/c1-22-18-7-2-15(19)12-14(18)13-20-16-3-5-17(6-4-16)21-8-10-23-11-9-21/h2-7,12,20H,8-11,13H2,1H3. The highest BCUT2D eigenvalue weighted by Crippen LogP contribution is 2.24. The lowest BCUT2D eigenvalue weighted by molar-refractivity contribution is 0.122. The highest BCUT2D eigenvalue weighted by atomic mass is 35.5. The topological polar surface area (TPSA) is 33.7 Å². The maximum atomic E-state index is 6.06. The number of benzene rings is 2. The normalized spacial score (nSPS) is 14.6. The molecule has 3 rings (SSSR count). The number of halogens is 1. The van der Waals surface area contributed by atoms with Crippen molar-refractivity contribution >= 4 is 23.0 Å². The van der Waals surface area contributed by atoms with E-state index in [-0.39, 0.29) is 0 Å². The second-order valence-corrected chi connectivity index (χ2v) is 5.89. The van der Waals surface area contributed by atoms with E-state index in [4.69, 9.17) is 21.1 Å². The Kier molecular flexibility index (Phi) is 5.26. The van der Waals surface area contributed by atoms with Crippen LogP contribution in [0.2, 0.25) is 5.02 Å². The first-order valence-corrected chi connectivity index (χ1v) is 8.13. The minimum atomic E-state index is 0.667. The number of nitrogens with one attached hydrogen (secondary N) is 1. The fourth-order valence-corrected chi connectivity index (χ4v) is 2.89. The number of methoxy groups -OCH3 is 1. The van der Waals surface area contributed by atoms with Gasteiger partial charge in [-0.3, -0.25) is 0 Å². The molecule has 1 heterocycles. The second-order valence-electron chi connectivity index (χ2n) is 5.46. The van der Waals surface area contributed by atoms with Gasteiger partial charge in [-0.1, -0.05) is 11.6 Å². The van der Waals surface area contributed by atoms with Gasteiger partial charge in [-0.15, -0.1) is 0 Å². The lowest BCUT2D eigenvalue weighted by Gasteiger charge is -2.29. The minimum absolute atomic E-state index is 0.667. The molecule has 0 atom stereocenters. The van der Waals surface area contributed by atoms with Gasteiger partial charge in [-0.25, -0.2) is 0 Å². The van der Waals surface area contributed by atoms with Gasteiger partial charge in [0.25, 0.3) is 0 Å². The Morgan fingerprint density at radius 1 is 1.13 bits per heavy atom. The molecule has 2 aromatic carbocycles. The van der Waals surface area contributed by atoms with Crippen molar-refractivity contribution in [3.05, 3.63) is 53.1 Å². The van der Waals surface area contributed by atoms with Crippen molar-refractivity contribution < 1.29 is 9.47 Å². The quantitative estimate of drug-likeness (QED) is 0.903. The molecule has 0 aromatic heterocycles. The van der Waals surface area contributed by atoms with E-state index in [0.29, 0.717) is 11.6 Å². The van der Waals surface area contributed by atoms with Crippen LogP contribution in [-0.2, 0) is 11.3 Å². The zero-order valence-corrected chi connectivity index (χ0v) is 14.0. The lowest BCUT2D eigenvalue weighted by atomic mass is 10.2. The van der Waals surface area contributed by atoms with Crippen LogP contribution in [0.15, 0.2) is 42.5 Å². The molecule has 0 radical (unpaired) electrons. The summed E-state index contributed by atoms with van der Waals surface area (Å²) in [7, 11) is 1.67. The smallest absolute Gasteiger partial charge is 0.123 e. The maximum Gasteiger partial charge on any atom is 0.123 e. The molecule has 0 saturated carbocycles. The molecule has 1 saturated heterocycles. The van der Waals surface area contributed by atoms with Crippen LogP contribution in [0.1, 0.15) is 5.56 Å². The Morgan fingerprint density at radius 3 is 2.57 bits per heavy atom. The van der Waals surface area contributed by atoms with Crippen LogP contribution in [0.25, 0.3) is 0 Å². The van der Waals surface area contributed by atoms with E-state index in [9.17, 15) is 0 Å². The fourth-order valence-electron chi connectivity index (χ4n) is 2.69. The summed E-state index contributed by atoms with van der Waals surface area (Å²) in [6.07, 6.45) is 0. The molecule has 23 heavy (non-hydrogen) atoms. The third-order valence-corrected chi connectivity index (χ3v) is 4.20. The molecule has 2 aromatic rings. The number of ether oxygens (including phenoxy) is 2. The molecule has 5 heteroatoms. The Hall–Kier alpha value is -1.91. The molecule has 1 aliphatic rings. The molecular weight excluding hydrogens is 312 g/mol. The molecule has 0 bridgehead atoms. The van der Waals surface area contributed by atoms with E-state index in [1.807, 2.05) is 18.2 Å². The summed E-state index contributed by atoms with van der Waals surface area (Å²) < 4.78 is 10.8.